The van der Waals surface area contributed by atoms with Crippen LogP contribution in [0.4, 0.5) is 0 Å². The molecule has 2 aromatic heterocycles. The zero-order valence-electron chi connectivity index (χ0n) is 11.7. The summed E-state index contributed by atoms with van der Waals surface area (Å²) in [5.74, 6) is 0. The average Bonchev–Trinajstić information content (AvgIpc) is 2.86. The molecular formula is C15H22N4. The Morgan fingerprint density at radius 2 is 2.11 bits per heavy atom. The van der Waals surface area contributed by atoms with E-state index in [1.54, 1.807) is 0 Å². The highest BCUT2D eigenvalue weighted by Crippen LogP contribution is 2.18. The zero-order valence-corrected chi connectivity index (χ0v) is 11.7. The van der Waals surface area contributed by atoms with E-state index in [2.05, 4.69) is 40.7 Å². The van der Waals surface area contributed by atoms with Crippen molar-refractivity contribution in [2.45, 2.75) is 32.2 Å². The standard InChI is InChI=1S/C15H22N4/c1-3-8-17-15(14-6-9-16-10-7-14)5-4-13-11-18-19(2)12-13/h6-7,9-12,15,17H,3-5,8H2,1-2H3. The lowest BCUT2D eigenvalue weighted by Gasteiger charge is -2.18. The molecule has 0 saturated heterocycles. The van der Waals surface area contributed by atoms with E-state index in [1.807, 2.05) is 30.3 Å². The fourth-order valence-corrected chi connectivity index (χ4v) is 2.21. The molecule has 2 aromatic rings. The second-order valence-corrected chi connectivity index (χ2v) is 4.85. The molecule has 1 unspecified atom stereocenters. The van der Waals surface area contributed by atoms with Gasteiger partial charge in [-0.3, -0.25) is 9.67 Å². The monoisotopic (exact) mass is 258 g/mol. The minimum absolute atomic E-state index is 0.392. The van der Waals surface area contributed by atoms with Crippen LogP contribution >= 0.6 is 0 Å². The molecule has 0 aliphatic heterocycles. The molecular weight excluding hydrogens is 236 g/mol. The third-order valence-corrected chi connectivity index (χ3v) is 3.23. The number of aryl methyl sites for hydroxylation is 2. The summed E-state index contributed by atoms with van der Waals surface area (Å²) in [6, 6.07) is 4.58. The Hall–Kier alpha value is -1.68. The van der Waals surface area contributed by atoms with Gasteiger partial charge in [-0.15, -0.1) is 0 Å². The number of nitrogens with one attached hydrogen (secondary N) is 1. The Balaban J connectivity index is 1.97. The zero-order chi connectivity index (χ0) is 13.5. The van der Waals surface area contributed by atoms with Crippen LogP contribution in [0.15, 0.2) is 36.9 Å². The van der Waals surface area contributed by atoms with Crippen LogP contribution < -0.4 is 5.32 Å². The molecule has 19 heavy (non-hydrogen) atoms. The number of hydrogen-bond acceptors (Lipinski definition) is 3. The van der Waals surface area contributed by atoms with Crippen LogP contribution in [0.3, 0.4) is 0 Å². The van der Waals surface area contributed by atoms with Crippen molar-refractivity contribution >= 4 is 0 Å². The number of aromatic nitrogens is 3. The molecule has 0 fully saturated rings. The highest BCUT2D eigenvalue weighted by Gasteiger charge is 2.10. The topological polar surface area (TPSA) is 42.7 Å². The molecule has 4 nitrogen and oxygen atoms in total. The van der Waals surface area contributed by atoms with Crippen molar-refractivity contribution in [3.8, 4) is 0 Å². The van der Waals surface area contributed by atoms with Gasteiger partial charge in [0, 0.05) is 31.7 Å². The molecule has 2 heterocycles. The second-order valence-electron chi connectivity index (χ2n) is 4.85. The van der Waals surface area contributed by atoms with Gasteiger partial charge in [0.05, 0.1) is 6.20 Å². The minimum atomic E-state index is 0.392. The predicted molar refractivity (Wildman–Crippen MR) is 76.8 cm³/mol. The Bertz CT molecular complexity index is 478. The molecule has 102 valence electrons. The van der Waals surface area contributed by atoms with E-state index < -0.39 is 0 Å². The van der Waals surface area contributed by atoms with Crippen molar-refractivity contribution in [3.05, 3.63) is 48.0 Å². The number of rotatable bonds is 7. The van der Waals surface area contributed by atoms with Crippen LogP contribution in [-0.2, 0) is 13.5 Å². The highest BCUT2D eigenvalue weighted by atomic mass is 15.2. The minimum Gasteiger partial charge on any atom is -0.310 e. The first-order valence-electron chi connectivity index (χ1n) is 6.90. The first kappa shape index (κ1) is 13.7. The van der Waals surface area contributed by atoms with Gasteiger partial charge in [0.15, 0.2) is 0 Å². The summed E-state index contributed by atoms with van der Waals surface area (Å²) < 4.78 is 1.86. The van der Waals surface area contributed by atoms with E-state index >= 15 is 0 Å². The maximum atomic E-state index is 4.22. The second kappa shape index (κ2) is 7.04. The molecule has 0 aliphatic carbocycles. The molecule has 4 heteroatoms. The van der Waals surface area contributed by atoms with Crippen molar-refractivity contribution in [1.82, 2.24) is 20.1 Å². The van der Waals surface area contributed by atoms with Crippen molar-refractivity contribution < 1.29 is 0 Å². The van der Waals surface area contributed by atoms with Gasteiger partial charge in [-0.05, 0) is 49.1 Å². The maximum absolute atomic E-state index is 4.22. The third-order valence-electron chi connectivity index (χ3n) is 3.23. The Morgan fingerprint density at radius 1 is 1.32 bits per heavy atom. The van der Waals surface area contributed by atoms with Crippen LogP contribution in [-0.4, -0.2) is 21.3 Å². The van der Waals surface area contributed by atoms with E-state index in [0.29, 0.717) is 6.04 Å². The van der Waals surface area contributed by atoms with Crippen molar-refractivity contribution in [3.63, 3.8) is 0 Å². The van der Waals surface area contributed by atoms with Gasteiger partial charge >= 0.3 is 0 Å². The van der Waals surface area contributed by atoms with Gasteiger partial charge in [0.1, 0.15) is 0 Å². The van der Waals surface area contributed by atoms with Crippen LogP contribution in [0.2, 0.25) is 0 Å². The lowest BCUT2D eigenvalue weighted by atomic mass is 10.0. The van der Waals surface area contributed by atoms with Crippen molar-refractivity contribution in [2.24, 2.45) is 7.05 Å². The average molecular weight is 258 g/mol. The molecule has 0 saturated carbocycles. The molecule has 0 aromatic carbocycles. The van der Waals surface area contributed by atoms with E-state index in [-0.39, 0.29) is 0 Å². The fourth-order valence-electron chi connectivity index (χ4n) is 2.21. The first-order valence-corrected chi connectivity index (χ1v) is 6.90. The highest BCUT2D eigenvalue weighted by molar-refractivity contribution is 5.16. The van der Waals surface area contributed by atoms with E-state index in [4.69, 9.17) is 0 Å². The summed E-state index contributed by atoms with van der Waals surface area (Å²) in [7, 11) is 1.96. The third kappa shape index (κ3) is 4.17. The molecule has 0 amide bonds. The molecule has 0 radical (unpaired) electrons. The van der Waals surface area contributed by atoms with Crippen LogP contribution in [0.1, 0.15) is 36.9 Å². The lowest BCUT2D eigenvalue weighted by molar-refractivity contribution is 0.499. The van der Waals surface area contributed by atoms with Crippen molar-refractivity contribution in [1.29, 1.82) is 0 Å². The fraction of sp³-hybridized carbons (Fsp3) is 0.467. The summed E-state index contributed by atoms with van der Waals surface area (Å²) in [6.07, 6.45) is 11.0. The first-order chi connectivity index (χ1) is 9.29. The SMILES string of the molecule is CCCNC(CCc1cnn(C)c1)c1ccncc1. The van der Waals surface area contributed by atoms with Gasteiger partial charge in [0.25, 0.3) is 0 Å². The maximum Gasteiger partial charge on any atom is 0.0521 e. The van der Waals surface area contributed by atoms with Gasteiger partial charge < -0.3 is 5.32 Å². The molecule has 0 bridgehead atoms. The quantitative estimate of drug-likeness (QED) is 0.829. The molecule has 1 atom stereocenters. The van der Waals surface area contributed by atoms with Gasteiger partial charge in [-0.25, -0.2) is 0 Å². The van der Waals surface area contributed by atoms with Crippen LogP contribution in [0.5, 0.6) is 0 Å². The molecule has 2 rings (SSSR count). The van der Waals surface area contributed by atoms with Gasteiger partial charge in [-0.1, -0.05) is 6.92 Å². The van der Waals surface area contributed by atoms with E-state index in [1.165, 1.54) is 11.1 Å². The summed E-state index contributed by atoms with van der Waals surface area (Å²) in [6.45, 7) is 3.23. The Morgan fingerprint density at radius 3 is 2.74 bits per heavy atom. The summed E-state index contributed by atoms with van der Waals surface area (Å²) in [5, 5.41) is 7.82. The molecule has 1 N–H and O–H groups in total. The van der Waals surface area contributed by atoms with Crippen LogP contribution in [0.25, 0.3) is 0 Å². The molecule has 0 spiro atoms. The normalized spacial score (nSPS) is 12.5. The van der Waals surface area contributed by atoms with E-state index in [0.717, 1.165) is 25.8 Å². The number of hydrogen-bond donors (Lipinski definition) is 1. The van der Waals surface area contributed by atoms with Gasteiger partial charge in [0.2, 0.25) is 0 Å². The Labute approximate surface area is 114 Å². The smallest absolute Gasteiger partial charge is 0.0521 e. The van der Waals surface area contributed by atoms with Crippen LogP contribution in [0, 0.1) is 0 Å². The Kier molecular flexibility index (Phi) is 5.10. The summed E-state index contributed by atoms with van der Waals surface area (Å²) in [5.41, 5.74) is 2.60. The van der Waals surface area contributed by atoms with E-state index in [9.17, 15) is 0 Å². The largest absolute Gasteiger partial charge is 0.310 e. The van der Waals surface area contributed by atoms with Crippen molar-refractivity contribution in [2.75, 3.05) is 6.54 Å². The summed E-state index contributed by atoms with van der Waals surface area (Å²) >= 11 is 0. The summed E-state index contributed by atoms with van der Waals surface area (Å²) in [4.78, 5) is 4.09. The number of nitrogens with zero attached hydrogens (tertiary/aromatic N) is 3. The lowest BCUT2D eigenvalue weighted by Crippen LogP contribution is -2.22. The molecule has 0 aliphatic rings. The van der Waals surface area contributed by atoms with Gasteiger partial charge in [-0.2, -0.15) is 5.10 Å². The predicted octanol–water partition coefficient (Wildman–Crippen LogP) is 2.49. The number of pyridine rings is 1.